The van der Waals surface area contributed by atoms with Gasteiger partial charge in [-0.15, -0.1) is 0 Å². The molecule has 17 heavy (non-hydrogen) atoms. The Kier molecular flexibility index (Phi) is 5.69. The summed E-state index contributed by atoms with van der Waals surface area (Å²) in [5, 5.41) is 0. The van der Waals surface area contributed by atoms with Gasteiger partial charge in [0.1, 0.15) is 11.5 Å². The highest BCUT2D eigenvalue weighted by Crippen LogP contribution is 2.18. The third-order valence-corrected chi connectivity index (χ3v) is 3.30. The molecular formula is C14H19BrO2. The fraction of sp³-hybridized carbons (Fsp3) is 0.500. The van der Waals surface area contributed by atoms with E-state index in [2.05, 4.69) is 15.9 Å². The van der Waals surface area contributed by atoms with Crippen LogP contribution in [0.4, 0.5) is 0 Å². The summed E-state index contributed by atoms with van der Waals surface area (Å²) in [7, 11) is 0. The maximum absolute atomic E-state index is 11.7. The first-order chi connectivity index (χ1) is 8.04. The van der Waals surface area contributed by atoms with Crippen LogP contribution in [0.25, 0.3) is 0 Å². The monoisotopic (exact) mass is 298 g/mol. The van der Waals surface area contributed by atoms with Gasteiger partial charge in [-0.05, 0) is 31.0 Å². The summed E-state index contributed by atoms with van der Waals surface area (Å²) in [5.41, 5.74) is 1.14. The van der Waals surface area contributed by atoms with E-state index in [0.717, 1.165) is 17.7 Å². The maximum Gasteiger partial charge on any atom is 0.149 e. The van der Waals surface area contributed by atoms with E-state index in [4.69, 9.17) is 4.74 Å². The van der Waals surface area contributed by atoms with Gasteiger partial charge in [0, 0.05) is 5.92 Å². The number of Topliss-reactive ketones (excluding diaryl/α,β-unsaturated/α-hetero) is 1. The number of halogens is 1. The molecule has 0 amide bonds. The highest BCUT2D eigenvalue weighted by Gasteiger charge is 2.18. The average molecular weight is 299 g/mol. The van der Waals surface area contributed by atoms with Crippen LogP contribution in [0.3, 0.4) is 0 Å². The Hall–Kier alpha value is -0.830. The van der Waals surface area contributed by atoms with E-state index in [9.17, 15) is 4.79 Å². The lowest BCUT2D eigenvalue weighted by Gasteiger charge is -2.11. The Morgan fingerprint density at radius 2 is 1.88 bits per heavy atom. The highest BCUT2D eigenvalue weighted by atomic mass is 79.9. The molecule has 0 aliphatic carbocycles. The molecule has 0 saturated carbocycles. The van der Waals surface area contributed by atoms with Crippen LogP contribution in [0.5, 0.6) is 5.75 Å². The minimum Gasteiger partial charge on any atom is -0.494 e. The number of hydrogen-bond donors (Lipinski definition) is 0. The van der Waals surface area contributed by atoms with Crippen LogP contribution in [-0.2, 0) is 11.2 Å². The minimum absolute atomic E-state index is 0.0714. The van der Waals surface area contributed by atoms with Crippen molar-refractivity contribution in [3.8, 4) is 5.75 Å². The summed E-state index contributed by atoms with van der Waals surface area (Å²) in [6, 6.07) is 7.90. The second-order valence-corrected chi connectivity index (χ2v) is 5.41. The first kappa shape index (κ1) is 14.2. The van der Waals surface area contributed by atoms with E-state index >= 15 is 0 Å². The standard InChI is InChI=1S/C14H19BrO2/c1-4-17-12-7-5-11(6-8-12)9-13(15)14(16)10(2)3/h5-8,10,13H,4,9H2,1-3H3. The van der Waals surface area contributed by atoms with Crippen molar-refractivity contribution in [3.05, 3.63) is 29.8 Å². The van der Waals surface area contributed by atoms with E-state index in [1.54, 1.807) is 0 Å². The SMILES string of the molecule is CCOc1ccc(CC(Br)C(=O)C(C)C)cc1. The summed E-state index contributed by atoms with van der Waals surface area (Å²) < 4.78 is 5.37. The van der Waals surface area contributed by atoms with Gasteiger partial charge in [-0.3, -0.25) is 4.79 Å². The Balaban J connectivity index is 2.60. The van der Waals surface area contributed by atoms with Gasteiger partial charge in [-0.2, -0.15) is 0 Å². The van der Waals surface area contributed by atoms with Crippen molar-refractivity contribution in [2.75, 3.05) is 6.61 Å². The average Bonchev–Trinajstić information content (AvgIpc) is 2.30. The molecule has 0 heterocycles. The van der Waals surface area contributed by atoms with E-state index in [1.807, 2.05) is 45.0 Å². The number of carbonyl (C=O) groups is 1. The Bertz CT molecular complexity index is 357. The number of carbonyl (C=O) groups excluding carboxylic acids is 1. The van der Waals surface area contributed by atoms with Crippen LogP contribution in [0.2, 0.25) is 0 Å². The van der Waals surface area contributed by atoms with Crippen LogP contribution in [0, 0.1) is 5.92 Å². The molecule has 1 unspecified atom stereocenters. The third-order valence-electron chi connectivity index (χ3n) is 2.53. The van der Waals surface area contributed by atoms with E-state index in [1.165, 1.54) is 0 Å². The third kappa shape index (κ3) is 4.50. The van der Waals surface area contributed by atoms with Gasteiger partial charge in [0.25, 0.3) is 0 Å². The first-order valence-electron chi connectivity index (χ1n) is 5.94. The zero-order valence-corrected chi connectivity index (χ0v) is 12.2. The molecule has 0 spiro atoms. The van der Waals surface area contributed by atoms with Gasteiger partial charge in [0.2, 0.25) is 0 Å². The zero-order chi connectivity index (χ0) is 12.8. The Morgan fingerprint density at radius 3 is 2.35 bits per heavy atom. The number of ether oxygens (including phenoxy) is 1. The Labute approximate surface area is 111 Å². The molecule has 0 bridgehead atoms. The lowest BCUT2D eigenvalue weighted by molar-refractivity contribution is -0.121. The smallest absolute Gasteiger partial charge is 0.149 e. The number of hydrogen-bond acceptors (Lipinski definition) is 2. The Morgan fingerprint density at radius 1 is 1.29 bits per heavy atom. The van der Waals surface area contributed by atoms with Crippen molar-refractivity contribution >= 4 is 21.7 Å². The van der Waals surface area contributed by atoms with Crippen LogP contribution in [0.1, 0.15) is 26.3 Å². The molecule has 0 radical (unpaired) electrons. The van der Waals surface area contributed by atoms with Gasteiger partial charge in [0.05, 0.1) is 11.4 Å². The summed E-state index contributed by atoms with van der Waals surface area (Å²) in [5.74, 6) is 1.19. The van der Waals surface area contributed by atoms with Crippen molar-refractivity contribution in [1.29, 1.82) is 0 Å². The lowest BCUT2D eigenvalue weighted by Crippen LogP contribution is -2.21. The fourth-order valence-electron chi connectivity index (χ4n) is 1.56. The van der Waals surface area contributed by atoms with Crippen molar-refractivity contribution in [3.63, 3.8) is 0 Å². The lowest BCUT2D eigenvalue weighted by atomic mass is 10.0. The van der Waals surface area contributed by atoms with Gasteiger partial charge in [-0.1, -0.05) is 41.9 Å². The molecule has 1 aromatic rings. The second kappa shape index (κ2) is 6.80. The summed E-state index contributed by atoms with van der Waals surface area (Å²) in [6.07, 6.45) is 0.726. The number of alkyl halides is 1. The molecule has 1 atom stereocenters. The topological polar surface area (TPSA) is 26.3 Å². The van der Waals surface area contributed by atoms with Crippen LogP contribution in [-0.4, -0.2) is 17.2 Å². The quantitative estimate of drug-likeness (QED) is 0.750. The first-order valence-corrected chi connectivity index (χ1v) is 6.85. The summed E-state index contributed by atoms with van der Waals surface area (Å²) >= 11 is 3.45. The van der Waals surface area contributed by atoms with E-state index < -0.39 is 0 Å². The van der Waals surface area contributed by atoms with Crippen molar-refractivity contribution in [2.24, 2.45) is 5.92 Å². The molecule has 1 aromatic carbocycles. The van der Waals surface area contributed by atoms with Gasteiger partial charge in [-0.25, -0.2) is 0 Å². The van der Waals surface area contributed by atoms with Crippen molar-refractivity contribution in [2.45, 2.75) is 32.0 Å². The second-order valence-electron chi connectivity index (χ2n) is 4.31. The predicted octanol–water partition coefficient (Wildman–Crippen LogP) is 3.62. The predicted molar refractivity (Wildman–Crippen MR) is 73.9 cm³/mol. The van der Waals surface area contributed by atoms with Crippen LogP contribution >= 0.6 is 15.9 Å². The van der Waals surface area contributed by atoms with Crippen molar-refractivity contribution in [1.82, 2.24) is 0 Å². The molecule has 0 aliphatic heterocycles. The molecule has 3 heteroatoms. The minimum atomic E-state index is -0.0968. The summed E-state index contributed by atoms with van der Waals surface area (Å²) in [4.78, 5) is 11.6. The van der Waals surface area contributed by atoms with Crippen LogP contribution < -0.4 is 4.74 Å². The molecule has 0 aromatic heterocycles. The fourth-order valence-corrected chi connectivity index (χ4v) is 2.46. The molecule has 1 rings (SSSR count). The number of benzene rings is 1. The highest BCUT2D eigenvalue weighted by molar-refractivity contribution is 9.10. The van der Waals surface area contributed by atoms with Gasteiger partial charge >= 0.3 is 0 Å². The van der Waals surface area contributed by atoms with Gasteiger partial charge < -0.3 is 4.74 Å². The normalized spacial score (nSPS) is 12.5. The molecule has 94 valence electrons. The molecule has 0 aliphatic rings. The van der Waals surface area contributed by atoms with E-state index in [-0.39, 0.29) is 16.5 Å². The van der Waals surface area contributed by atoms with Gasteiger partial charge in [0.15, 0.2) is 0 Å². The molecule has 0 saturated heterocycles. The number of ketones is 1. The molecule has 2 nitrogen and oxygen atoms in total. The van der Waals surface area contributed by atoms with E-state index in [0.29, 0.717) is 6.61 Å². The van der Waals surface area contributed by atoms with Crippen molar-refractivity contribution < 1.29 is 9.53 Å². The molecular weight excluding hydrogens is 280 g/mol. The zero-order valence-electron chi connectivity index (χ0n) is 10.6. The summed E-state index contributed by atoms with van der Waals surface area (Å²) in [6.45, 7) is 6.49. The number of rotatable bonds is 6. The molecule has 0 fully saturated rings. The largest absolute Gasteiger partial charge is 0.494 e. The van der Waals surface area contributed by atoms with Crippen LogP contribution in [0.15, 0.2) is 24.3 Å². The molecule has 0 N–H and O–H groups in total. The maximum atomic E-state index is 11.7.